The lowest BCUT2D eigenvalue weighted by atomic mass is 9.81. The smallest absolute Gasteiger partial charge is 0.114 e. The van der Waals surface area contributed by atoms with E-state index in [1.54, 1.807) is 76.0 Å². The van der Waals surface area contributed by atoms with Crippen molar-refractivity contribution >= 4 is 107 Å². The van der Waals surface area contributed by atoms with Gasteiger partial charge in [-0.25, -0.2) is 0 Å². The second kappa shape index (κ2) is 81.9. The van der Waals surface area contributed by atoms with E-state index in [0.29, 0.717) is 6.54 Å². The van der Waals surface area contributed by atoms with Gasteiger partial charge in [0, 0.05) is 150 Å². The Morgan fingerprint density at radius 1 is 0.221 bits per heavy atom. The first kappa shape index (κ1) is 161. The lowest BCUT2D eigenvalue weighted by Gasteiger charge is -2.40. The molecule has 0 bridgehead atoms. The van der Waals surface area contributed by atoms with Gasteiger partial charge in [0.15, 0.2) is 0 Å². The van der Waals surface area contributed by atoms with Crippen LogP contribution in [0.25, 0.3) is 0 Å². The topological polar surface area (TPSA) is 391 Å². The Morgan fingerprint density at radius 2 is 0.421 bits per heavy atom. The zero-order valence-corrected chi connectivity index (χ0v) is 106. The molecule has 0 spiro atoms. The van der Waals surface area contributed by atoms with Crippen molar-refractivity contribution in [3.05, 3.63) is 25.3 Å². The monoisotopic (exact) mass is 2060 g/mol. The first-order valence-electron chi connectivity index (χ1n) is 53.6. The zero-order valence-electron chi connectivity index (χ0n) is 102. The number of nitrogens with zero attached hydrogens (tertiary/aromatic N) is 12. The molecule has 0 aromatic heterocycles. The lowest BCUT2D eigenvalue weighted by Crippen LogP contribution is -2.56. The minimum Gasteiger partial charge on any atom is -0.388 e. The van der Waals surface area contributed by atoms with Gasteiger partial charge in [-0.15, -0.1) is 0 Å². The summed E-state index contributed by atoms with van der Waals surface area (Å²) in [5.41, 5.74) is -6.14. The number of aliphatic hydroxyl groups is 12. The summed E-state index contributed by atoms with van der Waals surface area (Å²) >= 11 is 0. The molecule has 8 unspecified atom stereocenters. The predicted octanol–water partition coefficient (Wildman–Crippen LogP) is 24.8. The van der Waals surface area contributed by atoms with Crippen molar-refractivity contribution in [1.29, 1.82) is 0 Å². The molecule has 8 atom stereocenters. The third-order valence-corrected chi connectivity index (χ3v) is 45.1. The highest BCUT2D eigenvalue weighted by Crippen LogP contribution is 2.34. The van der Waals surface area contributed by atoms with Crippen LogP contribution >= 0.6 is 0 Å². The van der Waals surface area contributed by atoms with Gasteiger partial charge in [-0.2, -0.15) is 0 Å². The second-order valence-electron chi connectivity index (χ2n) is 43.6. The summed E-state index contributed by atoms with van der Waals surface area (Å²) in [6, 6.07) is 8.32. The number of hydrogen-bond donors (Lipinski definition) is 12. The lowest BCUT2D eigenvalue weighted by molar-refractivity contribution is 0.0239. The van der Waals surface area contributed by atoms with Crippen molar-refractivity contribution in [3.63, 3.8) is 0 Å². The van der Waals surface area contributed by atoms with E-state index in [1.807, 2.05) is 277 Å². The van der Waals surface area contributed by atoms with Gasteiger partial charge in [-0.05, 0) is 240 Å². The minimum absolute atomic E-state index is 0.204. The molecule has 12 N–H and O–H groups in total. The zero-order chi connectivity index (χ0) is 114. The van der Waals surface area contributed by atoms with Crippen molar-refractivity contribution in [2.24, 2.45) is 95.4 Å². The normalized spacial score (nSPS) is 16.4. The Morgan fingerprint density at radius 3 is 0.671 bits per heavy atom. The number of hydrogen-bond acceptors (Lipinski definition) is 24. The van der Waals surface area contributed by atoms with Crippen molar-refractivity contribution in [2.45, 2.75) is 548 Å². The SMILES string of the molecule is C=CC(C)(O)C=NC(C)C.C=CC(C)(O)C=NCC.CC(C)N=CC(C)(O)[Si](C)(C)C.CC(C)N=CC(O)(C(C)C)C(C)C.CCC(O)(C=NC(C)C)C(C)C.CCC(O)(C=NC(C)C)CC.CCN=CC(C)(O)[Si](C)(C)C.CCN=CC(C)(O)[Si](CC)(CC)CC.CCN=CC(O)(C(C)C)C(C)C.CCN=CC(O)(CC)C(C)C.CCN=CC(O)(CC)CC.CC[Si](CC)(CC)C(C)(O)C=NC(C)C. The van der Waals surface area contributed by atoms with Crippen LogP contribution in [-0.4, -0.2) is 309 Å². The molecule has 0 aliphatic carbocycles. The molecule has 0 rings (SSSR count). The molecule has 0 aliphatic rings. The van der Waals surface area contributed by atoms with Gasteiger partial charge in [0.05, 0.1) is 64.4 Å². The highest BCUT2D eigenvalue weighted by atomic mass is 28.3. The summed E-state index contributed by atoms with van der Waals surface area (Å²) in [7, 11) is -6.24. The maximum atomic E-state index is 10.6. The third kappa shape index (κ3) is 76.4. The van der Waals surface area contributed by atoms with Gasteiger partial charge < -0.3 is 61.3 Å². The van der Waals surface area contributed by atoms with E-state index >= 15 is 0 Å². The van der Waals surface area contributed by atoms with Gasteiger partial charge >= 0.3 is 0 Å². The van der Waals surface area contributed by atoms with Gasteiger partial charge in [-0.3, -0.25) is 59.9 Å². The first-order chi connectivity index (χ1) is 63.4. The predicted molar refractivity (Wildman–Crippen MR) is 642 cm³/mol. The summed E-state index contributed by atoms with van der Waals surface area (Å²) in [5.74, 6) is 1.30. The Balaban J connectivity index is -0.000000128. The maximum absolute atomic E-state index is 10.6. The van der Waals surface area contributed by atoms with E-state index in [2.05, 4.69) is 154 Å². The molecule has 0 saturated heterocycles. The molecule has 0 aromatic carbocycles. The minimum atomic E-state index is -1.61. The van der Waals surface area contributed by atoms with Gasteiger partial charge in [0.2, 0.25) is 0 Å². The molecule has 140 heavy (non-hydrogen) atoms. The van der Waals surface area contributed by atoms with E-state index in [1.165, 1.54) is 24.6 Å². The molecular formula is C112H240N12O12Si4. The molecule has 0 heterocycles. The molecule has 0 aliphatic heterocycles. The summed E-state index contributed by atoms with van der Waals surface area (Å²) in [5, 5.41) is 116. The first-order valence-corrected chi connectivity index (χ1v) is 65.9. The van der Waals surface area contributed by atoms with Crippen LogP contribution in [0.2, 0.25) is 75.5 Å². The molecule has 0 amide bonds. The maximum Gasteiger partial charge on any atom is 0.114 e. The van der Waals surface area contributed by atoms with Crippen LogP contribution < -0.4 is 0 Å². The fraction of sp³-hybridized carbons (Fsp3) is 0.857. The van der Waals surface area contributed by atoms with E-state index < -0.39 is 98.0 Å². The van der Waals surface area contributed by atoms with Crippen LogP contribution in [-0.2, 0) is 0 Å². The molecule has 28 heteroatoms. The van der Waals surface area contributed by atoms with Crippen LogP contribution in [0, 0.1) is 35.5 Å². The van der Waals surface area contributed by atoms with Crippen molar-refractivity contribution in [3.8, 4) is 0 Å². The highest BCUT2D eigenvalue weighted by Gasteiger charge is 2.46. The van der Waals surface area contributed by atoms with Crippen molar-refractivity contribution in [1.82, 2.24) is 0 Å². The van der Waals surface area contributed by atoms with E-state index in [0.717, 1.165) is 108 Å². The summed E-state index contributed by atoms with van der Waals surface area (Å²) in [6.07, 6.45) is 27.4. The van der Waals surface area contributed by atoms with Gasteiger partial charge in [0.25, 0.3) is 0 Å². The van der Waals surface area contributed by atoms with Crippen LogP contribution in [0.4, 0.5) is 0 Å². The Kier molecular flexibility index (Phi) is 94.2. The highest BCUT2D eigenvalue weighted by molar-refractivity contribution is 6.85. The van der Waals surface area contributed by atoms with Crippen LogP contribution in [0.3, 0.4) is 0 Å². The van der Waals surface area contributed by atoms with Crippen LogP contribution in [0.15, 0.2) is 85.2 Å². The van der Waals surface area contributed by atoms with Crippen molar-refractivity contribution < 1.29 is 61.3 Å². The quantitative estimate of drug-likeness (QED) is 0.0154. The number of rotatable bonds is 48. The van der Waals surface area contributed by atoms with E-state index in [-0.39, 0.29) is 71.8 Å². The molecule has 0 fully saturated rings. The molecular weight excluding hydrogens is 1820 g/mol. The Hall–Kier alpha value is -4.09. The third-order valence-electron chi connectivity index (χ3n) is 26.1. The Labute approximate surface area is 871 Å². The number of aliphatic imine (C=N–C) groups is 12. The molecule has 0 radical (unpaired) electrons. The average Bonchev–Trinajstić information content (AvgIpc) is 0.802. The second-order valence-corrected chi connectivity index (χ2v) is 66.1. The fourth-order valence-electron chi connectivity index (χ4n) is 11.8. The fourth-order valence-corrected chi connectivity index (χ4v) is 20.7. The van der Waals surface area contributed by atoms with Crippen LogP contribution in [0.5, 0.6) is 0 Å². The standard InChI is InChI=1S/C12H27NOSi.C11H25NOSi.C11H23NO.2C10H21NO.C9H21NOSi.2C9H19NO.C8H19NOSi.C8H15NO.C8H17NO.C7H13NO/c1-7-15(8-2,9-3)12(6,14)10-13-11(4)5;1-6-12-10-11(5,13)14(7-2,8-3)9-4;1-8(2)11(13,9(3)4)7-12-10(5)6;1-6-11-7-10(12,8(2)3)9(4)5;1-6-10(12,8(2)3)7-11-9(4)5;1-8(2)10-7-9(3,11)12(4,5)6;1-5-9(11,8(3)4)7-10-6-2;1-5-9(11,6-2)7-10-8(3)4;1-6-9-7-8(2,10)11(3,4)5;1-5-8(4,10)6-9-7(2)3;1-4-8(10,5-2)7-9-6-3;1-4-7(3,9)6-8-5-2/h10-11,14H,7-9H2,1-6H3;10,13H,6-9H2,1-5H3;7-10,13H,1-6H3;2*7-9,12H,6H2,1-5H3;7-8,11H,1-6H3;2*7-8,11H,5-6H2,1-4H3;7,10H,6H2,1-5H3;5-7,10H,1H2,2-4H3;7,10H,4-6H2,1-3H3;4,6,9H,1,5H2,2-3H3. The summed E-state index contributed by atoms with van der Waals surface area (Å²) < 4.78 is 0. The van der Waals surface area contributed by atoms with Gasteiger partial charge in [0.1, 0.15) is 33.6 Å². The Bertz CT molecular complexity index is 3280. The summed E-state index contributed by atoms with van der Waals surface area (Å²) in [4.78, 5) is 49.6. The van der Waals surface area contributed by atoms with Crippen LogP contribution in [0.1, 0.15) is 371 Å². The average molecular weight is 2060 g/mol. The molecule has 836 valence electrons. The van der Waals surface area contributed by atoms with E-state index in [4.69, 9.17) is 0 Å². The molecule has 24 nitrogen and oxygen atoms in total. The molecule has 0 aromatic rings. The largest absolute Gasteiger partial charge is 0.388 e. The molecule has 0 saturated carbocycles. The van der Waals surface area contributed by atoms with Gasteiger partial charge in [-0.1, -0.05) is 267 Å². The van der Waals surface area contributed by atoms with E-state index in [9.17, 15) is 61.3 Å². The van der Waals surface area contributed by atoms with Crippen molar-refractivity contribution in [2.75, 3.05) is 39.3 Å². The summed E-state index contributed by atoms with van der Waals surface area (Å²) in [6.45, 7) is 120.